The van der Waals surface area contributed by atoms with E-state index < -0.39 is 0 Å². The second-order valence-electron chi connectivity index (χ2n) is 4.97. The third kappa shape index (κ3) is 3.35. The van der Waals surface area contributed by atoms with Gasteiger partial charge in [-0.3, -0.25) is 9.78 Å². The maximum Gasteiger partial charge on any atom is 0.242 e. The summed E-state index contributed by atoms with van der Waals surface area (Å²) in [6.45, 7) is 3.82. The first kappa shape index (κ1) is 13.6. The van der Waals surface area contributed by atoms with Crippen LogP contribution in [-0.2, 0) is 4.79 Å². The first-order valence-electron chi connectivity index (χ1n) is 6.45. The Hall–Kier alpha value is -1.82. The lowest BCUT2D eigenvalue weighted by Gasteiger charge is -2.33. The molecular weight excluding hydrogens is 242 g/mol. The van der Waals surface area contributed by atoms with E-state index in [4.69, 9.17) is 5.73 Å². The number of likely N-dealkylation sites (N-methyl/N-ethyl adjacent to an activating group) is 2. The zero-order valence-electron chi connectivity index (χ0n) is 11.5. The molecular formula is C13H21N5O. The number of hydrogen-bond donors (Lipinski definition) is 1. The van der Waals surface area contributed by atoms with Crippen molar-refractivity contribution in [3.8, 4) is 0 Å². The molecule has 1 aromatic rings. The van der Waals surface area contributed by atoms with E-state index in [0.717, 1.165) is 31.9 Å². The van der Waals surface area contributed by atoms with Crippen LogP contribution in [-0.4, -0.2) is 67.5 Å². The number of anilines is 2. The number of nitrogens with zero attached hydrogens (tertiary/aromatic N) is 4. The lowest BCUT2D eigenvalue weighted by atomic mass is 10.3. The predicted octanol–water partition coefficient (Wildman–Crippen LogP) is -0.126. The highest BCUT2D eigenvalue weighted by Crippen LogP contribution is 2.19. The van der Waals surface area contributed by atoms with E-state index >= 15 is 0 Å². The molecule has 0 aliphatic carbocycles. The molecule has 1 amide bonds. The fraction of sp³-hybridized carbons (Fsp3) is 0.538. The van der Waals surface area contributed by atoms with Gasteiger partial charge in [-0.05, 0) is 13.1 Å². The average Bonchev–Trinajstić information content (AvgIpc) is 2.39. The van der Waals surface area contributed by atoms with Crippen LogP contribution in [0, 0.1) is 0 Å². The zero-order chi connectivity index (χ0) is 13.8. The van der Waals surface area contributed by atoms with Gasteiger partial charge in [-0.25, -0.2) is 0 Å². The van der Waals surface area contributed by atoms with Crippen molar-refractivity contribution in [1.29, 1.82) is 0 Å². The Bertz CT molecular complexity index is 442. The Morgan fingerprint density at radius 1 is 1.42 bits per heavy atom. The average molecular weight is 263 g/mol. The van der Waals surface area contributed by atoms with Gasteiger partial charge in [-0.15, -0.1) is 0 Å². The molecule has 0 saturated carbocycles. The highest BCUT2D eigenvalue weighted by molar-refractivity contribution is 5.83. The van der Waals surface area contributed by atoms with Crippen LogP contribution >= 0.6 is 0 Å². The van der Waals surface area contributed by atoms with E-state index in [1.165, 1.54) is 0 Å². The summed E-state index contributed by atoms with van der Waals surface area (Å²) in [5.74, 6) is 0.145. The number of carbonyl (C=O) groups excluding carboxylic acids is 1. The Morgan fingerprint density at radius 3 is 2.74 bits per heavy atom. The molecule has 19 heavy (non-hydrogen) atoms. The number of amides is 1. The zero-order valence-corrected chi connectivity index (χ0v) is 11.5. The number of nitrogens with two attached hydrogens (primary N) is 1. The lowest BCUT2D eigenvalue weighted by molar-refractivity contribution is -0.131. The molecule has 104 valence electrons. The predicted molar refractivity (Wildman–Crippen MR) is 76.0 cm³/mol. The molecule has 6 heteroatoms. The number of aromatic nitrogens is 1. The first-order chi connectivity index (χ1) is 9.08. The SMILES string of the molecule is CN1CCN(C(=O)CN(C)c2ccncc2N)CC1. The highest BCUT2D eigenvalue weighted by Gasteiger charge is 2.20. The van der Waals surface area contributed by atoms with E-state index in [0.29, 0.717) is 12.2 Å². The summed E-state index contributed by atoms with van der Waals surface area (Å²) >= 11 is 0. The van der Waals surface area contributed by atoms with E-state index in [2.05, 4.69) is 16.9 Å². The van der Waals surface area contributed by atoms with Crippen molar-refractivity contribution >= 4 is 17.3 Å². The summed E-state index contributed by atoms with van der Waals surface area (Å²) in [6.07, 6.45) is 3.29. The van der Waals surface area contributed by atoms with Gasteiger partial charge in [0.1, 0.15) is 0 Å². The second-order valence-corrected chi connectivity index (χ2v) is 4.97. The van der Waals surface area contributed by atoms with Crippen molar-refractivity contribution in [2.45, 2.75) is 0 Å². The molecule has 0 atom stereocenters. The largest absolute Gasteiger partial charge is 0.396 e. The Morgan fingerprint density at radius 2 is 2.11 bits per heavy atom. The van der Waals surface area contributed by atoms with E-state index in [1.807, 2.05) is 22.9 Å². The minimum absolute atomic E-state index is 0.145. The fourth-order valence-electron chi connectivity index (χ4n) is 2.19. The number of pyridine rings is 1. The van der Waals surface area contributed by atoms with Gasteiger partial charge < -0.3 is 20.4 Å². The monoisotopic (exact) mass is 263 g/mol. The molecule has 6 nitrogen and oxygen atoms in total. The fourth-order valence-corrected chi connectivity index (χ4v) is 2.19. The molecule has 1 fully saturated rings. The van der Waals surface area contributed by atoms with Gasteiger partial charge in [0, 0.05) is 39.4 Å². The van der Waals surface area contributed by atoms with Crippen molar-refractivity contribution in [2.75, 3.05) is 57.5 Å². The summed E-state index contributed by atoms with van der Waals surface area (Å²) in [7, 11) is 3.95. The number of nitrogen functional groups attached to an aromatic ring is 1. The minimum atomic E-state index is 0.145. The topological polar surface area (TPSA) is 65.7 Å². The van der Waals surface area contributed by atoms with Crippen LogP contribution in [0.15, 0.2) is 18.5 Å². The van der Waals surface area contributed by atoms with Gasteiger partial charge in [0.25, 0.3) is 0 Å². The Labute approximate surface area is 113 Å². The summed E-state index contributed by atoms with van der Waals surface area (Å²) in [6, 6.07) is 1.83. The van der Waals surface area contributed by atoms with Gasteiger partial charge in [0.05, 0.1) is 24.1 Å². The third-order valence-electron chi connectivity index (χ3n) is 3.47. The standard InChI is InChI=1S/C13H21N5O/c1-16-5-7-18(8-6-16)13(19)10-17(2)12-3-4-15-9-11(12)14/h3-4,9H,5-8,10,14H2,1-2H3. The van der Waals surface area contributed by atoms with Crippen LogP contribution in [0.4, 0.5) is 11.4 Å². The van der Waals surface area contributed by atoms with Crippen molar-refractivity contribution in [3.05, 3.63) is 18.5 Å². The van der Waals surface area contributed by atoms with Gasteiger partial charge in [-0.1, -0.05) is 0 Å². The van der Waals surface area contributed by atoms with Crippen molar-refractivity contribution < 1.29 is 4.79 Å². The van der Waals surface area contributed by atoms with Crippen molar-refractivity contribution in [2.24, 2.45) is 0 Å². The number of carbonyl (C=O) groups is 1. The number of piperazine rings is 1. The minimum Gasteiger partial charge on any atom is -0.396 e. The smallest absolute Gasteiger partial charge is 0.242 e. The van der Waals surface area contributed by atoms with E-state index in [1.54, 1.807) is 12.4 Å². The quantitative estimate of drug-likeness (QED) is 0.823. The van der Waals surface area contributed by atoms with Crippen LogP contribution in [0.3, 0.4) is 0 Å². The van der Waals surface area contributed by atoms with Crippen LogP contribution in [0.2, 0.25) is 0 Å². The summed E-state index contributed by atoms with van der Waals surface area (Å²) in [5.41, 5.74) is 7.30. The summed E-state index contributed by atoms with van der Waals surface area (Å²) in [4.78, 5) is 22.2. The molecule has 0 bridgehead atoms. The maximum absolute atomic E-state index is 12.2. The molecule has 1 aromatic heterocycles. The molecule has 0 radical (unpaired) electrons. The summed E-state index contributed by atoms with van der Waals surface area (Å²) in [5, 5.41) is 0. The van der Waals surface area contributed by atoms with Gasteiger partial charge in [-0.2, -0.15) is 0 Å². The molecule has 1 saturated heterocycles. The summed E-state index contributed by atoms with van der Waals surface area (Å²) < 4.78 is 0. The third-order valence-corrected chi connectivity index (χ3v) is 3.47. The Kier molecular flexibility index (Phi) is 4.21. The van der Waals surface area contributed by atoms with Crippen molar-refractivity contribution in [3.63, 3.8) is 0 Å². The van der Waals surface area contributed by atoms with Crippen molar-refractivity contribution in [1.82, 2.24) is 14.8 Å². The van der Waals surface area contributed by atoms with Crippen LogP contribution < -0.4 is 10.6 Å². The molecule has 1 aliphatic heterocycles. The lowest BCUT2D eigenvalue weighted by Crippen LogP contribution is -2.49. The number of rotatable bonds is 3. The molecule has 0 unspecified atom stereocenters. The first-order valence-corrected chi connectivity index (χ1v) is 6.45. The van der Waals surface area contributed by atoms with Gasteiger partial charge in [0.2, 0.25) is 5.91 Å². The van der Waals surface area contributed by atoms with Gasteiger partial charge in [0.15, 0.2) is 0 Å². The normalized spacial score (nSPS) is 16.4. The molecule has 2 N–H and O–H groups in total. The molecule has 2 heterocycles. The second kappa shape index (κ2) is 5.88. The van der Waals surface area contributed by atoms with Crippen LogP contribution in [0.1, 0.15) is 0 Å². The maximum atomic E-state index is 12.2. The van der Waals surface area contributed by atoms with E-state index in [9.17, 15) is 4.79 Å². The Balaban J connectivity index is 1.94. The molecule has 1 aliphatic rings. The van der Waals surface area contributed by atoms with E-state index in [-0.39, 0.29) is 5.91 Å². The number of hydrogen-bond acceptors (Lipinski definition) is 5. The highest BCUT2D eigenvalue weighted by atomic mass is 16.2. The van der Waals surface area contributed by atoms with Crippen LogP contribution in [0.5, 0.6) is 0 Å². The molecule has 0 spiro atoms. The molecule has 0 aromatic carbocycles. The van der Waals surface area contributed by atoms with Gasteiger partial charge >= 0.3 is 0 Å². The molecule has 2 rings (SSSR count). The van der Waals surface area contributed by atoms with Crippen LogP contribution in [0.25, 0.3) is 0 Å².